The Morgan fingerprint density at radius 1 is 1.26 bits per heavy atom. The topological polar surface area (TPSA) is 111 Å². The summed E-state index contributed by atoms with van der Waals surface area (Å²) in [7, 11) is 0. The molecule has 0 bridgehead atoms. The molecule has 0 aliphatic heterocycles. The summed E-state index contributed by atoms with van der Waals surface area (Å²) in [6.07, 6.45) is 0.877. The Labute approximate surface area is 107 Å². The van der Waals surface area contributed by atoms with Crippen molar-refractivity contribution in [2.75, 3.05) is 0 Å². The summed E-state index contributed by atoms with van der Waals surface area (Å²) in [5, 5.41) is 15.0. The van der Waals surface area contributed by atoms with Crippen molar-refractivity contribution in [1.29, 1.82) is 0 Å². The van der Waals surface area contributed by atoms with Crippen molar-refractivity contribution in [2.24, 2.45) is 0 Å². The number of benzene rings is 1. The minimum atomic E-state index is -0.938. The first-order valence-corrected chi connectivity index (χ1v) is 5.58. The van der Waals surface area contributed by atoms with E-state index in [0.29, 0.717) is 0 Å². The summed E-state index contributed by atoms with van der Waals surface area (Å²) in [6.45, 7) is 0. The van der Waals surface area contributed by atoms with Crippen LogP contribution in [-0.2, 0) is 0 Å². The number of carbonyl (C=O) groups is 2. The molecule has 2 N–H and O–H groups in total. The number of nitrogens with zero attached hydrogens (tertiary/aromatic N) is 1. The van der Waals surface area contributed by atoms with Gasteiger partial charge >= 0.3 is 12.1 Å². The SMILES string of the molecule is O=C(NC(=O)Oc1ccc([N+](=O)[O-])cc1)NC1CC1. The van der Waals surface area contributed by atoms with E-state index in [0.717, 1.165) is 12.8 Å². The van der Waals surface area contributed by atoms with Crippen molar-refractivity contribution >= 4 is 17.8 Å². The van der Waals surface area contributed by atoms with Gasteiger partial charge in [-0.1, -0.05) is 0 Å². The van der Waals surface area contributed by atoms with Crippen LogP contribution in [0, 0.1) is 10.1 Å². The first kappa shape index (κ1) is 12.8. The van der Waals surface area contributed by atoms with Gasteiger partial charge < -0.3 is 10.1 Å². The molecule has 0 spiro atoms. The van der Waals surface area contributed by atoms with Crippen molar-refractivity contribution < 1.29 is 19.2 Å². The Morgan fingerprint density at radius 2 is 1.89 bits per heavy atom. The Hall–Kier alpha value is -2.64. The molecule has 2 rings (SSSR count). The molecular weight excluding hydrogens is 254 g/mol. The summed E-state index contributed by atoms with van der Waals surface area (Å²) in [6, 6.07) is 4.47. The molecule has 0 atom stereocenters. The van der Waals surface area contributed by atoms with Crippen LogP contribution in [0.25, 0.3) is 0 Å². The van der Waals surface area contributed by atoms with Gasteiger partial charge in [0.2, 0.25) is 0 Å². The molecule has 0 saturated heterocycles. The van der Waals surface area contributed by atoms with Crippen LogP contribution in [0.5, 0.6) is 5.75 Å². The van der Waals surface area contributed by atoms with Crippen LogP contribution in [0.2, 0.25) is 0 Å². The fourth-order valence-electron chi connectivity index (χ4n) is 1.31. The molecule has 1 saturated carbocycles. The fraction of sp³-hybridized carbons (Fsp3) is 0.273. The van der Waals surface area contributed by atoms with E-state index in [9.17, 15) is 19.7 Å². The van der Waals surface area contributed by atoms with E-state index < -0.39 is 17.0 Å². The van der Waals surface area contributed by atoms with Gasteiger partial charge in [0.1, 0.15) is 5.75 Å². The third-order valence-corrected chi connectivity index (χ3v) is 2.39. The smallest absolute Gasteiger partial charge is 0.410 e. The van der Waals surface area contributed by atoms with Crippen molar-refractivity contribution in [3.63, 3.8) is 0 Å². The minimum Gasteiger partial charge on any atom is -0.410 e. The van der Waals surface area contributed by atoms with Gasteiger partial charge in [-0.2, -0.15) is 0 Å². The van der Waals surface area contributed by atoms with E-state index >= 15 is 0 Å². The molecule has 1 aliphatic rings. The number of nitro groups is 1. The standard InChI is InChI=1S/C11H11N3O5/c15-10(12-7-1-2-7)13-11(16)19-9-5-3-8(4-6-9)14(17)18/h3-7H,1-2H2,(H2,12,13,15,16). The number of imide groups is 1. The van der Waals surface area contributed by atoms with Gasteiger partial charge in [0.15, 0.2) is 0 Å². The summed E-state index contributed by atoms with van der Waals surface area (Å²) in [5.41, 5.74) is -0.112. The second-order valence-corrected chi connectivity index (χ2v) is 4.01. The monoisotopic (exact) mass is 265 g/mol. The summed E-state index contributed by atoms with van der Waals surface area (Å²) >= 11 is 0. The Bertz CT molecular complexity index is 510. The van der Waals surface area contributed by atoms with Gasteiger partial charge in [-0.15, -0.1) is 0 Å². The van der Waals surface area contributed by atoms with Crippen LogP contribution in [0.3, 0.4) is 0 Å². The number of amides is 3. The highest BCUT2D eigenvalue weighted by Gasteiger charge is 2.24. The minimum absolute atomic E-state index is 0.112. The number of ether oxygens (including phenoxy) is 1. The van der Waals surface area contributed by atoms with E-state index in [1.54, 1.807) is 0 Å². The van der Waals surface area contributed by atoms with Gasteiger partial charge in [0.05, 0.1) is 4.92 Å². The number of nitro benzene ring substituents is 1. The lowest BCUT2D eigenvalue weighted by Gasteiger charge is -2.06. The van der Waals surface area contributed by atoms with Crippen LogP contribution >= 0.6 is 0 Å². The summed E-state index contributed by atoms with van der Waals surface area (Å²) in [4.78, 5) is 32.4. The highest BCUT2D eigenvalue weighted by Crippen LogP contribution is 2.18. The fourth-order valence-corrected chi connectivity index (χ4v) is 1.31. The number of carbonyl (C=O) groups excluding carboxylic acids is 2. The number of rotatable bonds is 3. The van der Waals surface area contributed by atoms with Crippen molar-refractivity contribution in [1.82, 2.24) is 10.6 Å². The lowest BCUT2D eigenvalue weighted by Crippen LogP contribution is -2.41. The Balaban J connectivity index is 1.83. The van der Waals surface area contributed by atoms with Crippen LogP contribution in [0.4, 0.5) is 15.3 Å². The molecule has 100 valence electrons. The molecule has 0 heterocycles. The molecule has 0 radical (unpaired) electrons. The van der Waals surface area contributed by atoms with E-state index in [2.05, 4.69) is 5.32 Å². The van der Waals surface area contributed by atoms with Crippen molar-refractivity contribution in [2.45, 2.75) is 18.9 Å². The largest absolute Gasteiger partial charge is 0.420 e. The van der Waals surface area contributed by atoms with E-state index in [-0.39, 0.29) is 17.5 Å². The van der Waals surface area contributed by atoms with Gasteiger partial charge in [-0.05, 0) is 25.0 Å². The Morgan fingerprint density at radius 3 is 2.42 bits per heavy atom. The first-order chi connectivity index (χ1) is 9.04. The van der Waals surface area contributed by atoms with Crippen LogP contribution in [-0.4, -0.2) is 23.1 Å². The molecule has 1 fully saturated rings. The average Bonchev–Trinajstić information content (AvgIpc) is 3.13. The van der Waals surface area contributed by atoms with Gasteiger partial charge in [0.25, 0.3) is 5.69 Å². The third kappa shape index (κ3) is 3.95. The second-order valence-electron chi connectivity index (χ2n) is 4.01. The summed E-state index contributed by atoms with van der Waals surface area (Å²) in [5.74, 6) is 0.113. The number of hydrogen-bond acceptors (Lipinski definition) is 5. The molecule has 0 unspecified atom stereocenters. The molecule has 3 amide bonds. The quantitative estimate of drug-likeness (QED) is 0.636. The highest BCUT2D eigenvalue weighted by atomic mass is 16.6. The normalized spacial score (nSPS) is 13.5. The molecule has 8 nitrogen and oxygen atoms in total. The lowest BCUT2D eigenvalue weighted by atomic mass is 10.3. The number of hydrogen-bond donors (Lipinski definition) is 2. The molecule has 19 heavy (non-hydrogen) atoms. The molecule has 1 aliphatic carbocycles. The Kier molecular flexibility index (Phi) is 3.60. The van der Waals surface area contributed by atoms with Crippen molar-refractivity contribution in [3.8, 4) is 5.75 Å². The van der Waals surface area contributed by atoms with Crippen LogP contribution < -0.4 is 15.4 Å². The molecule has 0 aromatic heterocycles. The van der Waals surface area contributed by atoms with E-state index in [1.165, 1.54) is 24.3 Å². The number of nitrogens with one attached hydrogen (secondary N) is 2. The van der Waals surface area contributed by atoms with Crippen LogP contribution in [0.1, 0.15) is 12.8 Å². The zero-order valence-electron chi connectivity index (χ0n) is 9.79. The summed E-state index contributed by atoms with van der Waals surface area (Å²) < 4.78 is 4.79. The van der Waals surface area contributed by atoms with Crippen LogP contribution in [0.15, 0.2) is 24.3 Å². The zero-order valence-corrected chi connectivity index (χ0v) is 9.79. The lowest BCUT2D eigenvalue weighted by molar-refractivity contribution is -0.384. The average molecular weight is 265 g/mol. The maximum absolute atomic E-state index is 11.3. The van der Waals surface area contributed by atoms with E-state index in [4.69, 9.17) is 4.74 Å². The predicted octanol–water partition coefficient (Wildman–Crippen LogP) is 1.56. The molecule has 1 aromatic carbocycles. The predicted molar refractivity (Wildman–Crippen MR) is 63.8 cm³/mol. The molecular formula is C11H11N3O5. The highest BCUT2D eigenvalue weighted by molar-refractivity contribution is 5.91. The second kappa shape index (κ2) is 5.34. The first-order valence-electron chi connectivity index (χ1n) is 5.58. The zero-order chi connectivity index (χ0) is 13.8. The van der Waals surface area contributed by atoms with Gasteiger partial charge in [-0.3, -0.25) is 10.1 Å². The van der Waals surface area contributed by atoms with Crippen molar-refractivity contribution in [3.05, 3.63) is 34.4 Å². The number of non-ortho nitro benzene ring substituents is 1. The number of urea groups is 1. The molecule has 8 heteroatoms. The van der Waals surface area contributed by atoms with Gasteiger partial charge in [0, 0.05) is 18.2 Å². The maximum Gasteiger partial charge on any atom is 0.420 e. The third-order valence-electron chi connectivity index (χ3n) is 2.39. The maximum atomic E-state index is 11.3. The van der Waals surface area contributed by atoms with E-state index in [1.807, 2.05) is 5.32 Å². The molecule has 1 aromatic rings. The van der Waals surface area contributed by atoms with Gasteiger partial charge in [-0.25, -0.2) is 14.9 Å².